The Labute approximate surface area is 109 Å². The minimum absolute atomic E-state index is 0.539. The average Bonchev–Trinajstić information content (AvgIpc) is 2.73. The van der Waals surface area contributed by atoms with Crippen molar-refractivity contribution in [2.45, 2.75) is 6.61 Å². The second-order valence-electron chi connectivity index (χ2n) is 3.77. The van der Waals surface area contributed by atoms with E-state index in [2.05, 4.69) is 0 Å². The molecule has 86 valence electrons. The molecule has 0 bridgehead atoms. The number of benzene rings is 2. The van der Waals surface area contributed by atoms with Crippen molar-refractivity contribution in [1.82, 2.24) is 0 Å². The van der Waals surface area contributed by atoms with Gasteiger partial charge in [0.15, 0.2) is 0 Å². The molecule has 17 heavy (non-hydrogen) atoms. The van der Waals surface area contributed by atoms with Crippen LogP contribution in [0.15, 0.2) is 42.5 Å². The van der Waals surface area contributed by atoms with Gasteiger partial charge in [0, 0.05) is 5.56 Å². The molecule has 3 rings (SSSR count). The van der Waals surface area contributed by atoms with Gasteiger partial charge in [-0.25, -0.2) is 5.06 Å². The molecule has 0 spiro atoms. The number of fused-ring (bicyclic) bond motifs is 1. The second-order valence-corrected chi connectivity index (χ2v) is 4.58. The first-order valence-electron chi connectivity index (χ1n) is 5.22. The van der Waals surface area contributed by atoms with E-state index in [0.717, 1.165) is 11.3 Å². The summed E-state index contributed by atoms with van der Waals surface area (Å²) in [6, 6.07) is 13.4. The highest BCUT2D eigenvalue weighted by molar-refractivity contribution is 6.39. The first kappa shape index (κ1) is 10.9. The van der Waals surface area contributed by atoms with Crippen molar-refractivity contribution in [1.29, 1.82) is 0 Å². The van der Waals surface area contributed by atoms with E-state index in [0.29, 0.717) is 22.3 Å². The van der Waals surface area contributed by atoms with Gasteiger partial charge in [0.1, 0.15) is 12.3 Å². The summed E-state index contributed by atoms with van der Waals surface area (Å²) in [7, 11) is 0. The molecule has 2 aromatic carbocycles. The van der Waals surface area contributed by atoms with Crippen molar-refractivity contribution in [3.63, 3.8) is 0 Å². The second kappa shape index (κ2) is 4.22. The SMILES string of the molecule is Clc1cccc(Cl)c1N1OCc2ccccc21. The number of halogens is 2. The van der Waals surface area contributed by atoms with E-state index in [9.17, 15) is 0 Å². The molecule has 0 saturated carbocycles. The smallest absolute Gasteiger partial charge is 0.107 e. The number of rotatable bonds is 1. The van der Waals surface area contributed by atoms with E-state index in [1.165, 1.54) is 0 Å². The topological polar surface area (TPSA) is 12.5 Å². The third-order valence-corrected chi connectivity index (χ3v) is 3.31. The molecular formula is C13H9Cl2NO. The van der Waals surface area contributed by atoms with E-state index in [-0.39, 0.29) is 0 Å². The molecule has 0 aliphatic carbocycles. The van der Waals surface area contributed by atoms with Crippen molar-refractivity contribution in [2.75, 3.05) is 5.06 Å². The molecule has 0 unspecified atom stereocenters. The van der Waals surface area contributed by atoms with Crippen LogP contribution < -0.4 is 5.06 Å². The lowest BCUT2D eigenvalue weighted by Crippen LogP contribution is -2.11. The third-order valence-electron chi connectivity index (χ3n) is 2.70. The van der Waals surface area contributed by atoms with Crippen molar-refractivity contribution in [3.05, 3.63) is 58.1 Å². The quantitative estimate of drug-likeness (QED) is 0.749. The van der Waals surface area contributed by atoms with Crippen LogP contribution in [0.4, 0.5) is 11.4 Å². The largest absolute Gasteiger partial charge is 0.264 e. The Morgan fingerprint density at radius 1 is 0.941 bits per heavy atom. The lowest BCUT2D eigenvalue weighted by Gasteiger charge is -2.20. The molecule has 0 aromatic heterocycles. The summed E-state index contributed by atoms with van der Waals surface area (Å²) in [4.78, 5) is 5.64. The molecular weight excluding hydrogens is 257 g/mol. The van der Waals surface area contributed by atoms with Crippen LogP contribution in [0.2, 0.25) is 10.0 Å². The summed E-state index contributed by atoms with van der Waals surface area (Å²) in [5.74, 6) is 0. The molecule has 1 aliphatic rings. The van der Waals surface area contributed by atoms with Gasteiger partial charge in [0.25, 0.3) is 0 Å². The number of nitrogens with zero attached hydrogens (tertiary/aromatic N) is 1. The summed E-state index contributed by atoms with van der Waals surface area (Å²) in [6.07, 6.45) is 0. The molecule has 4 heteroatoms. The summed E-state index contributed by atoms with van der Waals surface area (Å²) in [5.41, 5.74) is 2.81. The first-order valence-corrected chi connectivity index (χ1v) is 5.98. The Balaban J connectivity index is 2.13. The molecule has 0 fully saturated rings. The molecule has 2 aromatic rings. The van der Waals surface area contributed by atoms with Gasteiger partial charge in [-0.15, -0.1) is 0 Å². The first-order chi connectivity index (χ1) is 8.27. The highest BCUT2D eigenvalue weighted by Gasteiger charge is 2.24. The molecule has 1 heterocycles. The fourth-order valence-electron chi connectivity index (χ4n) is 1.90. The average molecular weight is 266 g/mol. The van der Waals surface area contributed by atoms with Crippen LogP contribution in [0.25, 0.3) is 0 Å². The van der Waals surface area contributed by atoms with Gasteiger partial charge in [0.05, 0.1) is 15.7 Å². The van der Waals surface area contributed by atoms with E-state index in [4.69, 9.17) is 28.0 Å². The number of hydrogen-bond acceptors (Lipinski definition) is 2. The Kier molecular flexibility index (Phi) is 2.71. The van der Waals surface area contributed by atoms with Crippen molar-refractivity contribution < 1.29 is 4.84 Å². The number of hydrogen-bond donors (Lipinski definition) is 0. The molecule has 1 aliphatic heterocycles. The highest BCUT2D eigenvalue weighted by Crippen LogP contribution is 2.42. The Bertz CT molecular complexity index is 551. The van der Waals surface area contributed by atoms with Crippen LogP contribution in [0, 0.1) is 0 Å². The Hall–Kier alpha value is -1.22. The van der Waals surface area contributed by atoms with Gasteiger partial charge < -0.3 is 0 Å². The number of anilines is 2. The van der Waals surface area contributed by atoms with Gasteiger partial charge in [-0.2, -0.15) is 0 Å². The lowest BCUT2D eigenvalue weighted by molar-refractivity contribution is 0.145. The molecule has 0 N–H and O–H groups in total. The van der Waals surface area contributed by atoms with Crippen molar-refractivity contribution >= 4 is 34.6 Å². The maximum atomic E-state index is 6.17. The normalized spacial score (nSPS) is 13.9. The third kappa shape index (κ3) is 1.78. The van der Waals surface area contributed by atoms with E-state index < -0.39 is 0 Å². The fourth-order valence-corrected chi connectivity index (χ4v) is 2.45. The van der Waals surface area contributed by atoms with Crippen LogP contribution >= 0.6 is 23.2 Å². The minimum Gasteiger partial charge on any atom is -0.264 e. The molecule has 0 saturated heterocycles. The summed E-state index contributed by atoms with van der Waals surface area (Å²) < 4.78 is 0. The Morgan fingerprint density at radius 2 is 1.65 bits per heavy atom. The predicted octanol–water partition coefficient (Wildman–Crippen LogP) is 4.58. The van der Waals surface area contributed by atoms with Crippen LogP contribution in [0.5, 0.6) is 0 Å². The molecule has 0 amide bonds. The van der Waals surface area contributed by atoms with Crippen LogP contribution in [-0.2, 0) is 11.4 Å². The van der Waals surface area contributed by atoms with Gasteiger partial charge in [0.2, 0.25) is 0 Å². The molecule has 0 radical (unpaired) electrons. The van der Waals surface area contributed by atoms with Gasteiger partial charge in [-0.05, 0) is 18.2 Å². The predicted molar refractivity (Wildman–Crippen MR) is 69.8 cm³/mol. The van der Waals surface area contributed by atoms with Crippen molar-refractivity contribution in [2.24, 2.45) is 0 Å². The zero-order valence-electron chi connectivity index (χ0n) is 8.86. The van der Waals surface area contributed by atoms with Crippen molar-refractivity contribution in [3.8, 4) is 0 Å². The number of para-hydroxylation sites is 2. The summed E-state index contributed by atoms with van der Waals surface area (Å²) in [6.45, 7) is 0.539. The van der Waals surface area contributed by atoms with E-state index >= 15 is 0 Å². The van der Waals surface area contributed by atoms with E-state index in [1.54, 1.807) is 17.2 Å². The lowest BCUT2D eigenvalue weighted by atomic mass is 10.2. The minimum atomic E-state index is 0.539. The summed E-state index contributed by atoms with van der Waals surface area (Å²) in [5, 5.41) is 2.85. The monoisotopic (exact) mass is 265 g/mol. The van der Waals surface area contributed by atoms with Crippen LogP contribution in [0.3, 0.4) is 0 Å². The summed E-state index contributed by atoms with van der Waals surface area (Å²) >= 11 is 12.3. The van der Waals surface area contributed by atoms with Crippen LogP contribution in [0.1, 0.15) is 5.56 Å². The molecule has 2 nitrogen and oxygen atoms in total. The zero-order valence-corrected chi connectivity index (χ0v) is 10.4. The van der Waals surface area contributed by atoms with Gasteiger partial charge in [-0.3, -0.25) is 4.84 Å². The maximum absolute atomic E-state index is 6.17. The van der Waals surface area contributed by atoms with Crippen LogP contribution in [-0.4, -0.2) is 0 Å². The fraction of sp³-hybridized carbons (Fsp3) is 0.0769. The van der Waals surface area contributed by atoms with Gasteiger partial charge in [-0.1, -0.05) is 47.5 Å². The van der Waals surface area contributed by atoms with Gasteiger partial charge >= 0.3 is 0 Å². The Morgan fingerprint density at radius 3 is 2.41 bits per heavy atom. The van der Waals surface area contributed by atoms with E-state index in [1.807, 2.05) is 30.3 Å². The maximum Gasteiger partial charge on any atom is 0.107 e. The zero-order chi connectivity index (χ0) is 11.8. The standard InChI is InChI=1S/C13H9Cl2NO/c14-10-5-3-6-11(15)13(10)16-12-7-2-1-4-9(12)8-17-16/h1-7H,8H2. The highest BCUT2D eigenvalue weighted by atomic mass is 35.5. The molecule has 0 atom stereocenters.